The Balaban J connectivity index is 1.77. The molecule has 0 aliphatic carbocycles. The van der Waals surface area contributed by atoms with E-state index in [1.165, 1.54) is 0 Å². The van der Waals surface area contributed by atoms with Crippen molar-refractivity contribution in [2.45, 2.75) is 33.6 Å². The highest BCUT2D eigenvalue weighted by Gasteiger charge is 2.12. The van der Waals surface area contributed by atoms with Gasteiger partial charge in [-0.1, -0.05) is 0 Å². The molecule has 102 valence electrons. The second-order valence-electron chi connectivity index (χ2n) is 4.57. The van der Waals surface area contributed by atoms with Crippen molar-refractivity contribution in [2.75, 3.05) is 6.54 Å². The van der Waals surface area contributed by atoms with Gasteiger partial charge in [0.1, 0.15) is 11.5 Å². The Morgan fingerprint density at radius 2 is 2.21 bits per heavy atom. The highest BCUT2D eigenvalue weighted by molar-refractivity contribution is 7.09. The van der Waals surface area contributed by atoms with E-state index in [1.54, 1.807) is 24.3 Å². The molecule has 4 nitrogen and oxygen atoms in total. The molecule has 2 rings (SSSR count). The van der Waals surface area contributed by atoms with Gasteiger partial charge in [0.15, 0.2) is 0 Å². The number of carbonyl (C=O) groups is 1. The Morgan fingerprint density at radius 1 is 1.42 bits per heavy atom. The topological polar surface area (TPSA) is 55.1 Å². The van der Waals surface area contributed by atoms with Crippen LogP contribution in [0.3, 0.4) is 0 Å². The maximum atomic E-state index is 11.9. The van der Waals surface area contributed by atoms with Gasteiger partial charge in [0.25, 0.3) is 5.91 Å². The molecule has 1 amide bonds. The predicted molar refractivity (Wildman–Crippen MR) is 75.7 cm³/mol. The van der Waals surface area contributed by atoms with E-state index in [9.17, 15) is 4.79 Å². The van der Waals surface area contributed by atoms with Gasteiger partial charge in [0.05, 0.1) is 10.6 Å². The SMILES string of the molecule is Cc1csc(CCCNC(=O)c2cc(C)oc2C)n1. The number of amides is 1. The molecule has 1 N–H and O–H groups in total. The maximum absolute atomic E-state index is 11.9. The third-order valence-corrected chi connectivity index (χ3v) is 3.83. The first-order chi connectivity index (χ1) is 9.06. The van der Waals surface area contributed by atoms with Crippen molar-refractivity contribution in [3.8, 4) is 0 Å². The van der Waals surface area contributed by atoms with E-state index in [0.717, 1.165) is 29.3 Å². The highest BCUT2D eigenvalue weighted by atomic mass is 32.1. The minimum Gasteiger partial charge on any atom is -0.466 e. The van der Waals surface area contributed by atoms with Crippen molar-refractivity contribution in [3.05, 3.63) is 39.2 Å². The second-order valence-corrected chi connectivity index (χ2v) is 5.51. The summed E-state index contributed by atoms with van der Waals surface area (Å²) in [4.78, 5) is 16.3. The number of aromatic nitrogens is 1. The predicted octanol–water partition coefficient (Wildman–Crippen LogP) is 3.02. The lowest BCUT2D eigenvalue weighted by Gasteiger charge is -2.03. The lowest BCUT2D eigenvalue weighted by molar-refractivity contribution is 0.0951. The number of nitrogens with one attached hydrogen (secondary N) is 1. The van der Waals surface area contributed by atoms with E-state index in [-0.39, 0.29) is 5.91 Å². The molecule has 0 unspecified atom stereocenters. The molecule has 0 saturated heterocycles. The summed E-state index contributed by atoms with van der Waals surface area (Å²) in [5, 5.41) is 6.08. The average molecular weight is 278 g/mol. The van der Waals surface area contributed by atoms with Gasteiger partial charge in [-0.15, -0.1) is 11.3 Å². The molecule has 0 saturated carbocycles. The van der Waals surface area contributed by atoms with Crippen LogP contribution >= 0.6 is 11.3 Å². The first-order valence-corrected chi connectivity index (χ1v) is 7.20. The molecule has 0 bridgehead atoms. The number of aryl methyl sites for hydroxylation is 4. The van der Waals surface area contributed by atoms with Gasteiger partial charge in [-0.25, -0.2) is 4.98 Å². The number of thiazole rings is 1. The van der Waals surface area contributed by atoms with E-state index in [0.29, 0.717) is 17.9 Å². The van der Waals surface area contributed by atoms with Gasteiger partial charge >= 0.3 is 0 Å². The van der Waals surface area contributed by atoms with Crippen molar-refractivity contribution < 1.29 is 9.21 Å². The fourth-order valence-corrected chi connectivity index (χ4v) is 2.73. The molecule has 0 atom stereocenters. The first-order valence-electron chi connectivity index (χ1n) is 6.32. The Morgan fingerprint density at radius 3 is 2.79 bits per heavy atom. The Labute approximate surface area is 116 Å². The molecule has 0 radical (unpaired) electrons. The number of rotatable bonds is 5. The number of carbonyl (C=O) groups excluding carboxylic acids is 1. The minimum atomic E-state index is -0.0651. The van der Waals surface area contributed by atoms with Crippen molar-refractivity contribution in [3.63, 3.8) is 0 Å². The number of furan rings is 1. The Hall–Kier alpha value is -1.62. The zero-order valence-electron chi connectivity index (χ0n) is 11.4. The lowest BCUT2D eigenvalue weighted by Crippen LogP contribution is -2.24. The van der Waals surface area contributed by atoms with Gasteiger partial charge in [0.2, 0.25) is 0 Å². The number of nitrogens with zero attached hydrogens (tertiary/aromatic N) is 1. The van der Waals surface area contributed by atoms with Crippen LogP contribution in [0.25, 0.3) is 0 Å². The fraction of sp³-hybridized carbons (Fsp3) is 0.429. The monoisotopic (exact) mass is 278 g/mol. The van der Waals surface area contributed by atoms with Crippen LogP contribution in [-0.2, 0) is 6.42 Å². The molecule has 19 heavy (non-hydrogen) atoms. The van der Waals surface area contributed by atoms with Crippen LogP contribution in [0.2, 0.25) is 0 Å². The summed E-state index contributed by atoms with van der Waals surface area (Å²) in [6.07, 6.45) is 1.80. The van der Waals surface area contributed by atoms with Crippen molar-refractivity contribution in [1.82, 2.24) is 10.3 Å². The molecule has 0 fully saturated rings. The van der Waals surface area contributed by atoms with Crippen molar-refractivity contribution in [1.29, 1.82) is 0 Å². The summed E-state index contributed by atoms with van der Waals surface area (Å²) in [7, 11) is 0. The lowest BCUT2D eigenvalue weighted by atomic mass is 10.2. The van der Waals surface area contributed by atoms with E-state index >= 15 is 0 Å². The molecular weight excluding hydrogens is 260 g/mol. The molecular formula is C14H18N2O2S. The van der Waals surface area contributed by atoms with E-state index in [2.05, 4.69) is 10.3 Å². The normalized spacial score (nSPS) is 10.7. The van der Waals surface area contributed by atoms with Crippen LogP contribution < -0.4 is 5.32 Å². The number of hydrogen-bond acceptors (Lipinski definition) is 4. The van der Waals surface area contributed by atoms with Crippen LogP contribution in [0.15, 0.2) is 15.9 Å². The summed E-state index contributed by atoms with van der Waals surface area (Å²) in [6, 6.07) is 1.77. The van der Waals surface area contributed by atoms with E-state index in [1.807, 2.05) is 19.2 Å². The quantitative estimate of drug-likeness (QED) is 0.855. The van der Waals surface area contributed by atoms with Crippen molar-refractivity contribution in [2.24, 2.45) is 0 Å². The molecule has 0 aliphatic heterocycles. The zero-order valence-corrected chi connectivity index (χ0v) is 12.3. The van der Waals surface area contributed by atoms with Crippen LogP contribution in [0, 0.1) is 20.8 Å². The van der Waals surface area contributed by atoms with Gasteiger partial charge in [-0.2, -0.15) is 0 Å². The maximum Gasteiger partial charge on any atom is 0.254 e. The number of hydrogen-bond donors (Lipinski definition) is 1. The molecule has 2 aromatic heterocycles. The van der Waals surface area contributed by atoms with E-state index in [4.69, 9.17) is 4.42 Å². The van der Waals surface area contributed by atoms with Crippen LogP contribution in [0.1, 0.15) is 39.0 Å². The average Bonchev–Trinajstić information content (AvgIpc) is 2.90. The smallest absolute Gasteiger partial charge is 0.254 e. The molecule has 5 heteroatoms. The zero-order chi connectivity index (χ0) is 13.8. The summed E-state index contributed by atoms with van der Waals surface area (Å²) < 4.78 is 5.34. The Bertz CT molecular complexity index is 572. The van der Waals surface area contributed by atoms with Gasteiger partial charge in [-0.3, -0.25) is 4.79 Å². The largest absolute Gasteiger partial charge is 0.466 e. The van der Waals surface area contributed by atoms with Crippen LogP contribution in [0.4, 0.5) is 0 Å². The van der Waals surface area contributed by atoms with Gasteiger partial charge < -0.3 is 9.73 Å². The first kappa shape index (κ1) is 13.8. The second kappa shape index (κ2) is 6.02. The highest BCUT2D eigenvalue weighted by Crippen LogP contribution is 2.13. The van der Waals surface area contributed by atoms with Gasteiger partial charge in [0, 0.05) is 24.0 Å². The van der Waals surface area contributed by atoms with E-state index < -0.39 is 0 Å². The van der Waals surface area contributed by atoms with Crippen molar-refractivity contribution >= 4 is 17.2 Å². The summed E-state index contributed by atoms with van der Waals surface area (Å²) >= 11 is 1.67. The molecule has 0 aromatic carbocycles. The third kappa shape index (κ3) is 3.67. The van der Waals surface area contributed by atoms with Gasteiger partial charge in [-0.05, 0) is 33.3 Å². The standard InChI is InChI=1S/C14H18N2O2S/c1-9-8-19-13(16-9)5-4-6-15-14(17)12-7-10(2)18-11(12)3/h7-8H,4-6H2,1-3H3,(H,15,17). The fourth-order valence-electron chi connectivity index (χ4n) is 1.91. The van der Waals surface area contributed by atoms with Crippen LogP contribution in [-0.4, -0.2) is 17.4 Å². The minimum absolute atomic E-state index is 0.0651. The molecule has 0 aliphatic rings. The molecule has 2 heterocycles. The summed E-state index contributed by atoms with van der Waals surface area (Å²) in [6.45, 7) is 6.29. The summed E-state index contributed by atoms with van der Waals surface area (Å²) in [5.41, 5.74) is 1.69. The molecule has 0 spiro atoms. The third-order valence-electron chi connectivity index (χ3n) is 2.81. The summed E-state index contributed by atoms with van der Waals surface area (Å²) in [5.74, 6) is 1.37. The Kier molecular flexibility index (Phi) is 4.37. The molecule has 2 aromatic rings. The van der Waals surface area contributed by atoms with Crippen LogP contribution in [0.5, 0.6) is 0 Å².